The molecule has 0 bridgehead atoms. The van der Waals surface area contributed by atoms with Gasteiger partial charge in [-0.2, -0.15) is 0 Å². The predicted octanol–water partition coefficient (Wildman–Crippen LogP) is 3.42. The summed E-state index contributed by atoms with van der Waals surface area (Å²) in [7, 11) is 0. The maximum atomic E-state index is 12.2. The van der Waals surface area contributed by atoms with Crippen molar-refractivity contribution in [2.45, 2.75) is 58.5 Å². The molecule has 0 saturated heterocycles. The maximum absolute atomic E-state index is 12.2. The number of hydrogen-bond acceptors (Lipinski definition) is 3. The molecule has 1 heterocycles. The number of carbonyl (C=O) groups is 2. The third-order valence-corrected chi connectivity index (χ3v) is 4.41. The smallest absolute Gasteiger partial charge is 0.223 e. The Balaban J connectivity index is 1.87. The van der Waals surface area contributed by atoms with E-state index in [1.165, 1.54) is 11.3 Å². The van der Waals surface area contributed by atoms with Gasteiger partial charge >= 0.3 is 0 Å². The second-order valence-electron chi connectivity index (χ2n) is 5.46. The van der Waals surface area contributed by atoms with Crippen molar-refractivity contribution in [2.24, 2.45) is 0 Å². The van der Waals surface area contributed by atoms with E-state index in [-0.39, 0.29) is 17.7 Å². The van der Waals surface area contributed by atoms with Crippen molar-refractivity contribution in [3.63, 3.8) is 0 Å². The fourth-order valence-corrected chi connectivity index (χ4v) is 3.16. The SMILES string of the molecule is Cc1ccc(C(=O)CCC(=O)N(C(C)C)C2CC2)s1. The van der Waals surface area contributed by atoms with Gasteiger partial charge in [0.2, 0.25) is 5.91 Å². The van der Waals surface area contributed by atoms with Crippen LogP contribution in [0, 0.1) is 6.92 Å². The number of amides is 1. The van der Waals surface area contributed by atoms with Crippen LogP contribution in [0.3, 0.4) is 0 Å². The van der Waals surface area contributed by atoms with Gasteiger partial charge in [0, 0.05) is 29.8 Å². The van der Waals surface area contributed by atoms with Gasteiger partial charge < -0.3 is 4.90 Å². The van der Waals surface area contributed by atoms with Crippen molar-refractivity contribution in [3.05, 3.63) is 21.9 Å². The van der Waals surface area contributed by atoms with Crippen LogP contribution in [-0.4, -0.2) is 28.7 Å². The van der Waals surface area contributed by atoms with E-state index in [1.54, 1.807) is 0 Å². The highest BCUT2D eigenvalue weighted by Crippen LogP contribution is 2.29. The van der Waals surface area contributed by atoms with Crippen LogP contribution in [0.2, 0.25) is 0 Å². The summed E-state index contributed by atoms with van der Waals surface area (Å²) in [5, 5.41) is 0. The van der Waals surface area contributed by atoms with Crippen molar-refractivity contribution in [1.29, 1.82) is 0 Å². The predicted molar refractivity (Wildman–Crippen MR) is 77.6 cm³/mol. The summed E-state index contributed by atoms with van der Waals surface area (Å²) in [5.41, 5.74) is 0. The van der Waals surface area contributed by atoms with E-state index in [1.807, 2.05) is 37.8 Å². The van der Waals surface area contributed by atoms with E-state index in [0.717, 1.165) is 22.6 Å². The Bertz CT molecular complexity index is 472. The summed E-state index contributed by atoms with van der Waals surface area (Å²) in [6.45, 7) is 6.07. The fourth-order valence-electron chi connectivity index (χ4n) is 2.32. The van der Waals surface area contributed by atoms with Crippen molar-refractivity contribution < 1.29 is 9.59 Å². The number of ketones is 1. The highest BCUT2D eigenvalue weighted by Gasteiger charge is 2.33. The monoisotopic (exact) mass is 279 g/mol. The normalized spacial score (nSPS) is 14.7. The lowest BCUT2D eigenvalue weighted by Gasteiger charge is -2.26. The molecule has 4 heteroatoms. The van der Waals surface area contributed by atoms with Gasteiger partial charge in [-0.3, -0.25) is 9.59 Å². The van der Waals surface area contributed by atoms with Gasteiger partial charge in [-0.05, 0) is 45.7 Å². The summed E-state index contributed by atoms with van der Waals surface area (Å²) in [5.74, 6) is 0.213. The average molecular weight is 279 g/mol. The molecule has 0 aliphatic heterocycles. The van der Waals surface area contributed by atoms with Crippen molar-refractivity contribution in [1.82, 2.24) is 4.90 Å². The molecule has 0 spiro atoms. The molecule has 104 valence electrons. The van der Waals surface area contributed by atoms with E-state index >= 15 is 0 Å². The van der Waals surface area contributed by atoms with Crippen LogP contribution in [0.5, 0.6) is 0 Å². The Morgan fingerprint density at radius 2 is 2.00 bits per heavy atom. The Kier molecular flexibility index (Phi) is 4.40. The zero-order valence-corrected chi connectivity index (χ0v) is 12.6. The third-order valence-electron chi connectivity index (χ3n) is 3.37. The number of aryl methyl sites for hydroxylation is 1. The fraction of sp³-hybridized carbons (Fsp3) is 0.600. The summed E-state index contributed by atoms with van der Waals surface area (Å²) < 4.78 is 0. The number of thiophene rings is 1. The standard InChI is InChI=1S/C15H21NO2S/c1-10(2)16(12-5-6-12)15(18)9-7-13(17)14-8-4-11(3)19-14/h4,8,10,12H,5-7,9H2,1-3H3. The molecule has 1 aliphatic carbocycles. The minimum absolute atomic E-state index is 0.0888. The van der Waals surface area contributed by atoms with E-state index < -0.39 is 0 Å². The van der Waals surface area contributed by atoms with E-state index in [4.69, 9.17) is 0 Å². The lowest BCUT2D eigenvalue weighted by atomic mass is 10.1. The van der Waals surface area contributed by atoms with Crippen LogP contribution < -0.4 is 0 Å². The number of hydrogen-bond donors (Lipinski definition) is 0. The Labute approximate surface area is 118 Å². The summed E-state index contributed by atoms with van der Waals surface area (Å²) in [6.07, 6.45) is 2.89. The minimum atomic E-state index is 0.0888. The molecule has 19 heavy (non-hydrogen) atoms. The second kappa shape index (κ2) is 5.87. The number of rotatable bonds is 6. The highest BCUT2D eigenvalue weighted by atomic mass is 32.1. The summed E-state index contributed by atoms with van der Waals surface area (Å²) in [4.78, 5) is 28.0. The molecule has 0 N–H and O–H groups in total. The van der Waals surface area contributed by atoms with Crippen LogP contribution in [0.25, 0.3) is 0 Å². The van der Waals surface area contributed by atoms with Crippen LogP contribution in [0.1, 0.15) is 54.1 Å². The van der Waals surface area contributed by atoms with Crippen molar-refractivity contribution >= 4 is 23.0 Å². The van der Waals surface area contributed by atoms with Crippen LogP contribution in [0.4, 0.5) is 0 Å². The van der Waals surface area contributed by atoms with Gasteiger partial charge in [0.05, 0.1) is 4.88 Å². The molecule has 3 nitrogen and oxygen atoms in total. The molecule has 2 rings (SSSR count). The molecule has 1 fully saturated rings. The lowest BCUT2D eigenvalue weighted by molar-refractivity contribution is -0.133. The molecule has 1 saturated carbocycles. The molecule has 1 amide bonds. The Morgan fingerprint density at radius 1 is 1.32 bits per heavy atom. The number of nitrogens with zero attached hydrogens (tertiary/aromatic N) is 1. The molecule has 0 atom stereocenters. The van der Waals surface area contributed by atoms with Gasteiger partial charge in [0.15, 0.2) is 5.78 Å². The molecular weight excluding hydrogens is 258 g/mol. The second-order valence-corrected chi connectivity index (χ2v) is 6.75. The molecule has 0 aromatic carbocycles. The Hall–Kier alpha value is -1.16. The third kappa shape index (κ3) is 3.66. The van der Waals surface area contributed by atoms with Gasteiger partial charge in [0.25, 0.3) is 0 Å². The number of carbonyl (C=O) groups excluding carboxylic acids is 2. The van der Waals surface area contributed by atoms with E-state index in [0.29, 0.717) is 18.9 Å². The topological polar surface area (TPSA) is 37.4 Å². The molecule has 1 aliphatic rings. The first-order chi connectivity index (χ1) is 8.99. The Morgan fingerprint density at radius 3 is 2.47 bits per heavy atom. The van der Waals surface area contributed by atoms with Crippen molar-refractivity contribution in [3.8, 4) is 0 Å². The number of Topliss-reactive ketones (excluding diaryl/α,β-unsaturated/α-hetero) is 1. The van der Waals surface area contributed by atoms with Crippen molar-refractivity contribution in [2.75, 3.05) is 0 Å². The molecule has 0 radical (unpaired) electrons. The van der Waals surface area contributed by atoms with Crippen LogP contribution in [0.15, 0.2) is 12.1 Å². The van der Waals surface area contributed by atoms with Crippen LogP contribution >= 0.6 is 11.3 Å². The molecule has 1 aromatic heterocycles. The minimum Gasteiger partial charge on any atom is -0.337 e. The summed E-state index contributed by atoms with van der Waals surface area (Å²) in [6, 6.07) is 4.46. The van der Waals surface area contributed by atoms with Gasteiger partial charge in [-0.1, -0.05) is 0 Å². The van der Waals surface area contributed by atoms with E-state index in [2.05, 4.69) is 0 Å². The maximum Gasteiger partial charge on any atom is 0.223 e. The van der Waals surface area contributed by atoms with Gasteiger partial charge in [0.1, 0.15) is 0 Å². The highest BCUT2D eigenvalue weighted by molar-refractivity contribution is 7.14. The van der Waals surface area contributed by atoms with Gasteiger partial charge in [-0.15, -0.1) is 11.3 Å². The average Bonchev–Trinajstić information content (AvgIpc) is 3.06. The first-order valence-electron chi connectivity index (χ1n) is 6.90. The molecule has 0 unspecified atom stereocenters. The lowest BCUT2D eigenvalue weighted by Crippen LogP contribution is -2.38. The molecule has 1 aromatic rings. The first-order valence-corrected chi connectivity index (χ1v) is 7.71. The van der Waals surface area contributed by atoms with E-state index in [9.17, 15) is 9.59 Å². The largest absolute Gasteiger partial charge is 0.337 e. The van der Waals surface area contributed by atoms with Crippen LogP contribution in [-0.2, 0) is 4.79 Å². The zero-order chi connectivity index (χ0) is 14.0. The summed E-state index contributed by atoms with van der Waals surface area (Å²) >= 11 is 1.51. The quantitative estimate of drug-likeness (QED) is 0.748. The van der Waals surface area contributed by atoms with Gasteiger partial charge in [-0.25, -0.2) is 0 Å². The zero-order valence-electron chi connectivity index (χ0n) is 11.8. The molecular formula is C15H21NO2S. The first kappa shape index (κ1) is 14.3.